The summed E-state index contributed by atoms with van der Waals surface area (Å²) in [6.07, 6.45) is 8.66. The van der Waals surface area contributed by atoms with Crippen LogP contribution in [0.1, 0.15) is 32.1 Å². The molecule has 6 nitrogen and oxygen atoms in total. The van der Waals surface area contributed by atoms with Gasteiger partial charge >= 0.3 is 0 Å². The molecule has 2 aromatic heterocycles. The number of aliphatic hydroxyl groups excluding tert-OH is 1. The molecule has 2 fully saturated rings. The van der Waals surface area contributed by atoms with Crippen LogP contribution in [0, 0.1) is 5.41 Å². The van der Waals surface area contributed by atoms with E-state index in [4.69, 9.17) is 28.9 Å². The fourth-order valence-corrected chi connectivity index (χ4v) is 5.32. The second-order valence-corrected chi connectivity index (χ2v) is 9.15. The lowest BCUT2D eigenvalue weighted by Crippen LogP contribution is -2.39. The number of aliphatic hydroxyl groups is 1. The van der Waals surface area contributed by atoms with E-state index in [0.29, 0.717) is 21.2 Å². The quantitative estimate of drug-likeness (QED) is 0.716. The lowest BCUT2D eigenvalue weighted by molar-refractivity contribution is 0.144. The smallest absolute Gasteiger partial charge is 0.151 e. The lowest BCUT2D eigenvalue weighted by Gasteiger charge is -2.39. The van der Waals surface area contributed by atoms with Crippen LogP contribution in [0.3, 0.4) is 0 Å². The minimum atomic E-state index is -0.116. The van der Waals surface area contributed by atoms with Gasteiger partial charge in [-0.15, -0.1) is 0 Å². The molecule has 0 aromatic carbocycles. The SMILES string of the molecule is Nc1cc(Sc2cnc(N3CCC4(CCC(O)C4)CC3)cn2)c(Cl)c(Cl)n1. The second kappa shape index (κ2) is 7.62. The Morgan fingerprint density at radius 2 is 1.96 bits per heavy atom. The summed E-state index contributed by atoms with van der Waals surface area (Å²) in [7, 11) is 0. The number of hydrogen-bond donors (Lipinski definition) is 2. The predicted molar refractivity (Wildman–Crippen MR) is 109 cm³/mol. The van der Waals surface area contributed by atoms with Gasteiger partial charge in [0.1, 0.15) is 16.7 Å². The van der Waals surface area contributed by atoms with Gasteiger partial charge in [0.15, 0.2) is 5.15 Å². The summed E-state index contributed by atoms with van der Waals surface area (Å²) >= 11 is 13.5. The van der Waals surface area contributed by atoms with E-state index in [9.17, 15) is 5.11 Å². The number of nitrogens with zero attached hydrogens (tertiary/aromatic N) is 4. The molecule has 0 amide bonds. The van der Waals surface area contributed by atoms with E-state index in [1.54, 1.807) is 18.5 Å². The average molecular weight is 426 g/mol. The van der Waals surface area contributed by atoms with Crippen LogP contribution in [0.15, 0.2) is 28.4 Å². The Labute approximate surface area is 172 Å². The molecule has 1 aliphatic heterocycles. The van der Waals surface area contributed by atoms with Crippen molar-refractivity contribution < 1.29 is 5.11 Å². The zero-order valence-electron chi connectivity index (χ0n) is 14.7. The Bertz CT molecular complexity index is 827. The van der Waals surface area contributed by atoms with E-state index in [0.717, 1.165) is 56.0 Å². The normalized spacial score (nSPS) is 21.7. The Balaban J connectivity index is 1.41. The summed E-state index contributed by atoms with van der Waals surface area (Å²) in [6.45, 7) is 1.91. The molecule has 1 saturated heterocycles. The maximum atomic E-state index is 9.87. The first kappa shape index (κ1) is 19.1. The number of piperidine rings is 1. The Morgan fingerprint density at radius 1 is 1.19 bits per heavy atom. The van der Waals surface area contributed by atoms with Crippen LogP contribution in [0.2, 0.25) is 10.2 Å². The van der Waals surface area contributed by atoms with E-state index < -0.39 is 0 Å². The molecule has 1 spiro atoms. The largest absolute Gasteiger partial charge is 0.393 e. The first-order valence-corrected chi connectivity index (χ1v) is 10.6. The number of nitrogen functional groups attached to an aromatic ring is 1. The zero-order chi connectivity index (χ0) is 19.0. The molecule has 1 unspecified atom stereocenters. The molecule has 1 atom stereocenters. The molecule has 4 rings (SSSR count). The summed E-state index contributed by atoms with van der Waals surface area (Å²) < 4.78 is 0. The maximum Gasteiger partial charge on any atom is 0.151 e. The minimum Gasteiger partial charge on any atom is -0.393 e. The number of nitrogens with two attached hydrogens (primary N) is 1. The van der Waals surface area contributed by atoms with Crippen molar-refractivity contribution in [2.75, 3.05) is 23.7 Å². The van der Waals surface area contributed by atoms with Crippen LogP contribution in [0.4, 0.5) is 11.6 Å². The molecular formula is C18H21Cl2N5OS. The molecule has 0 radical (unpaired) electrons. The summed E-state index contributed by atoms with van der Waals surface area (Å²) in [6, 6.07) is 1.68. The van der Waals surface area contributed by atoms with Crippen molar-refractivity contribution in [1.29, 1.82) is 0 Å². The van der Waals surface area contributed by atoms with Crippen molar-refractivity contribution in [2.24, 2.45) is 5.41 Å². The zero-order valence-corrected chi connectivity index (χ0v) is 17.1. The third kappa shape index (κ3) is 4.11. The van der Waals surface area contributed by atoms with Gasteiger partial charge in [0, 0.05) is 18.0 Å². The van der Waals surface area contributed by atoms with E-state index in [2.05, 4.69) is 19.9 Å². The highest BCUT2D eigenvalue weighted by Gasteiger charge is 2.40. The molecule has 0 bridgehead atoms. The Morgan fingerprint density at radius 3 is 2.59 bits per heavy atom. The van der Waals surface area contributed by atoms with Gasteiger partial charge < -0.3 is 15.7 Å². The third-order valence-corrected chi connectivity index (χ3v) is 7.38. The van der Waals surface area contributed by atoms with E-state index in [-0.39, 0.29) is 11.3 Å². The van der Waals surface area contributed by atoms with Crippen molar-refractivity contribution in [3.63, 3.8) is 0 Å². The second-order valence-electron chi connectivity index (χ2n) is 7.35. The number of hydrogen-bond acceptors (Lipinski definition) is 7. The molecule has 3 N–H and O–H groups in total. The lowest BCUT2D eigenvalue weighted by atomic mass is 9.77. The molecule has 3 heterocycles. The van der Waals surface area contributed by atoms with Crippen molar-refractivity contribution in [1.82, 2.24) is 15.0 Å². The third-order valence-electron chi connectivity index (χ3n) is 5.56. The summed E-state index contributed by atoms with van der Waals surface area (Å²) in [5, 5.41) is 11.1. The van der Waals surface area contributed by atoms with Crippen molar-refractivity contribution in [3.8, 4) is 0 Å². The van der Waals surface area contributed by atoms with Crippen LogP contribution in [0.25, 0.3) is 0 Å². The first-order valence-electron chi connectivity index (χ1n) is 8.99. The van der Waals surface area contributed by atoms with Crippen LogP contribution in [0.5, 0.6) is 0 Å². The van der Waals surface area contributed by atoms with E-state index >= 15 is 0 Å². The van der Waals surface area contributed by atoms with Gasteiger partial charge in [0.05, 0.1) is 23.5 Å². The molecule has 2 aliphatic rings. The first-order chi connectivity index (χ1) is 12.9. The summed E-state index contributed by atoms with van der Waals surface area (Å²) in [5.41, 5.74) is 6.07. The highest BCUT2D eigenvalue weighted by Crippen LogP contribution is 2.46. The van der Waals surface area contributed by atoms with Crippen LogP contribution in [-0.2, 0) is 0 Å². The number of halogens is 2. The van der Waals surface area contributed by atoms with Crippen LogP contribution >= 0.6 is 35.0 Å². The van der Waals surface area contributed by atoms with Gasteiger partial charge in [-0.1, -0.05) is 35.0 Å². The Kier molecular flexibility index (Phi) is 5.38. The fraction of sp³-hybridized carbons (Fsp3) is 0.500. The molecule has 144 valence electrons. The van der Waals surface area contributed by atoms with Crippen molar-refractivity contribution in [3.05, 3.63) is 28.6 Å². The topological polar surface area (TPSA) is 88.2 Å². The van der Waals surface area contributed by atoms with Crippen LogP contribution in [-0.4, -0.2) is 39.3 Å². The average Bonchev–Trinajstić information content (AvgIpc) is 3.01. The molecule has 27 heavy (non-hydrogen) atoms. The molecular weight excluding hydrogens is 405 g/mol. The standard InChI is InChI=1S/C18H21Cl2N5OS/c19-16-12(7-13(21)24-17(16)20)27-15-10-22-14(9-23-15)25-5-3-18(4-6-25)2-1-11(26)8-18/h7,9-11,26H,1-6,8H2,(H2,21,24). The summed E-state index contributed by atoms with van der Waals surface area (Å²) in [4.78, 5) is 16.0. The number of rotatable bonds is 3. The fourth-order valence-electron chi connectivity index (χ4n) is 4.05. The summed E-state index contributed by atoms with van der Waals surface area (Å²) in [5.74, 6) is 1.20. The maximum absolute atomic E-state index is 9.87. The number of pyridine rings is 1. The highest BCUT2D eigenvalue weighted by molar-refractivity contribution is 7.99. The predicted octanol–water partition coefficient (Wildman–Crippen LogP) is 4.04. The van der Waals surface area contributed by atoms with Gasteiger partial charge in [-0.2, -0.15) is 0 Å². The monoisotopic (exact) mass is 425 g/mol. The van der Waals surface area contributed by atoms with Crippen molar-refractivity contribution in [2.45, 2.75) is 48.1 Å². The molecule has 2 aromatic rings. The van der Waals surface area contributed by atoms with E-state index in [1.807, 2.05) is 0 Å². The molecule has 1 aliphatic carbocycles. The Hall–Kier alpha value is -1.28. The number of aromatic nitrogens is 3. The van der Waals surface area contributed by atoms with Gasteiger partial charge in [0.25, 0.3) is 0 Å². The van der Waals surface area contributed by atoms with Gasteiger partial charge in [-0.3, -0.25) is 0 Å². The van der Waals surface area contributed by atoms with Gasteiger partial charge in [0.2, 0.25) is 0 Å². The molecule has 1 saturated carbocycles. The van der Waals surface area contributed by atoms with Gasteiger partial charge in [-0.25, -0.2) is 15.0 Å². The highest BCUT2D eigenvalue weighted by atomic mass is 35.5. The van der Waals surface area contributed by atoms with Crippen LogP contribution < -0.4 is 10.6 Å². The minimum absolute atomic E-state index is 0.116. The van der Waals surface area contributed by atoms with E-state index in [1.165, 1.54) is 11.8 Å². The molecule has 9 heteroatoms. The van der Waals surface area contributed by atoms with Crippen molar-refractivity contribution >= 4 is 46.6 Å². The number of anilines is 2. The van der Waals surface area contributed by atoms with Gasteiger partial charge in [-0.05, 0) is 43.6 Å².